The van der Waals surface area contributed by atoms with Crippen LogP contribution >= 0.6 is 0 Å². The number of esters is 1. The summed E-state index contributed by atoms with van der Waals surface area (Å²) in [5.74, 6) is -1.84. The van der Waals surface area contributed by atoms with Crippen molar-refractivity contribution in [2.75, 3.05) is 17.7 Å². The third-order valence-corrected chi connectivity index (χ3v) is 5.25. The number of nitro groups is 1. The SMILES string of the molecule is Cc1c(C#N)c(NC(=O)COC(=O)c2ccc(N)c([N+](=O)[O-])c2)n(Cc2ccc(F)cc2)c1C. The van der Waals surface area contributed by atoms with Crippen molar-refractivity contribution in [1.82, 2.24) is 4.57 Å². The zero-order valence-electron chi connectivity index (χ0n) is 18.3. The van der Waals surface area contributed by atoms with Gasteiger partial charge in [0.1, 0.15) is 23.4 Å². The van der Waals surface area contributed by atoms with Crippen LogP contribution in [0.15, 0.2) is 42.5 Å². The molecule has 1 amide bonds. The number of ether oxygens (including phenoxy) is 1. The fraction of sp³-hybridized carbons (Fsp3) is 0.174. The van der Waals surface area contributed by atoms with E-state index in [1.807, 2.05) is 0 Å². The molecular formula is C23H20FN5O5. The van der Waals surface area contributed by atoms with Gasteiger partial charge in [-0.25, -0.2) is 9.18 Å². The smallest absolute Gasteiger partial charge is 0.338 e. The first-order chi connectivity index (χ1) is 16.1. The Balaban J connectivity index is 1.76. The number of nitriles is 1. The Morgan fingerprint density at radius 3 is 2.53 bits per heavy atom. The topological polar surface area (TPSA) is 153 Å². The highest BCUT2D eigenvalue weighted by Gasteiger charge is 2.21. The number of nitrogens with one attached hydrogen (secondary N) is 1. The van der Waals surface area contributed by atoms with Crippen molar-refractivity contribution in [2.45, 2.75) is 20.4 Å². The van der Waals surface area contributed by atoms with E-state index in [0.717, 1.165) is 17.3 Å². The van der Waals surface area contributed by atoms with Gasteiger partial charge in [0.2, 0.25) is 0 Å². The quantitative estimate of drug-likeness (QED) is 0.234. The molecule has 3 aromatic rings. The van der Waals surface area contributed by atoms with E-state index in [1.54, 1.807) is 30.5 Å². The summed E-state index contributed by atoms with van der Waals surface area (Å²) in [5.41, 5.74) is 7.17. The molecule has 3 rings (SSSR count). The number of nitrogens with zero attached hydrogens (tertiary/aromatic N) is 3. The van der Waals surface area contributed by atoms with Gasteiger partial charge in [-0.1, -0.05) is 12.1 Å². The lowest BCUT2D eigenvalue weighted by Crippen LogP contribution is -2.23. The Hall–Kier alpha value is -4.72. The molecule has 0 saturated heterocycles. The average Bonchev–Trinajstić information content (AvgIpc) is 3.02. The number of aromatic nitrogens is 1. The highest BCUT2D eigenvalue weighted by Crippen LogP contribution is 2.27. The molecule has 1 aromatic heterocycles. The molecule has 0 bridgehead atoms. The van der Waals surface area contributed by atoms with Gasteiger partial charge in [-0.3, -0.25) is 14.9 Å². The van der Waals surface area contributed by atoms with Crippen LogP contribution in [0.4, 0.5) is 21.6 Å². The molecule has 2 aromatic carbocycles. The Kier molecular flexibility index (Phi) is 6.92. The number of nitrogen functional groups attached to an aromatic ring is 1. The Morgan fingerprint density at radius 1 is 1.24 bits per heavy atom. The lowest BCUT2D eigenvalue weighted by atomic mass is 10.2. The normalized spacial score (nSPS) is 10.4. The molecule has 0 atom stereocenters. The lowest BCUT2D eigenvalue weighted by molar-refractivity contribution is -0.383. The van der Waals surface area contributed by atoms with Crippen molar-refractivity contribution >= 4 is 29.1 Å². The third kappa shape index (κ3) is 5.02. The first-order valence-corrected chi connectivity index (χ1v) is 9.97. The molecule has 34 heavy (non-hydrogen) atoms. The van der Waals surface area contributed by atoms with Gasteiger partial charge in [-0.15, -0.1) is 0 Å². The van der Waals surface area contributed by atoms with E-state index in [9.17, 15) is 29.4 Å². The molecule has 0 spiro atoms. The van der Waals surface area contributed by atoms with Crippen LogP contribution < -0.4 is 11.1 Å². The molecule has 0 fully saturated rings. The highest BCUT2D eigenvalue weighted by atomic mass is 19.1. The zero-order chi connectivity index (χ0) is 25.0. The Bertz CT molecular complexity index is 1320. The van der Waals surface area contributed by atoms with Crippen molar-refractivity contribution in [3.05, 3.63) is 86.3 Å². The van der Waals surface area contributed by atoms with Crippen molar-refractivity contribution in [2.24, 2.45) is 0 Å². The second kappa shape index (κ2) is 9.83. The van der Waals surface area contributed by atoms with E-state index >= 15 is 0 Å². The highest BCUT2D eigenvalue weighted by molar-refractivity contribution is 5.96. The van der Waals surface area contributed by atoms with Gasteiger partial charge in [0, 0.05) is 18.3 Å². The maximum absolute atomic E-state index is 13.2. The molecule has 0 aliphatic rings. The number of benzene rings is 2. The number of rotatable bonds is 7. The molecular weight excluding hydrogens is 445 g/mol. The zero-order valence-corrected chi connectivity index (χ0v) is 18.3. The molecule has 1 heterocycles. The van der Waals surface area contributed by atoms with Crippen LogP contribution in [-0.2, 0) is 16.1 Å². The molecule has 11 heteroatoms. The summed E-state index contributed by atoms with van der Waals surface area (Å²) in [6.45, 7) is 3.09. The summed E-state index contributed by atoms with van der Waals surface area (Å²) in [5, 5.41) is 23.2. The largest absolute Gasteiger partial charge is 0.452 e. The monoisotopic (exact) mass is 465 g/mol. The van der Waals surface area contributed by atoms with Crippen LogP contribution in [0.3, 0.4) is 0 Å². The summed E-state index contributed by atoms with van der Waals surface area (Å²) in [6.07, 6.45) is 0. The number of anilines is 2. The number of nitrogens with two attached hydrogens (primary N) is 1. The second-order valence-corrected chi connectivity index (χ2v) is 7.41. The number of nitro benzene ring substituents is 1. The number of carbonyl (C=O) groups is 2. The van der Waals surface area contributed by atoms with Gasteiger partial charge < -0.3 is 20.4 Å². The maximum Gasteiger partial charge on any atom is 0.338 e. The standard InChI is InChI=1S/C23H20FN5O5/c1-13-14(2)28(11-15-3-6-17(24)7-4-15)22(18(13)10-25)27-21(30)12-34-23(31)16-5-8-19(26)20(9-16)29(32)33/h3-9H,11-12,26H2,1-2H3,(H,27,30). The van der Waals surface area contributed by atoms with E-state index in [2.05, 4.69) is 11.4 Å². The predicted molar refractivity (Wildman–Crippen MR) is 121 cm³/mol. The van der Waals surface area contributed by atoms with Gasteiger partial charge in [-0.05, 0) is 49.2 Å². The minimum Gasteiger partial charge on any atom is -0.452 e. The van der Waals surface area contributed by atoms with Crippen LogP contribution in [0.5, 0.6) is 0 Å². The van der Waals surface area contributed by atoms with Crippen molar-refractivity contribution in [3.63, 3.8) is 0 Å². The van der Waals surface area contributed by atoms with Gasteiger partial charge >= 0.3 is 5.97 Å². The molecule has 0 saturated carbocycles. The van der Waals surface area contributed by atoms with Gasteiger partial charge in [-0.2, -0.15) is 5.26 Å². The Labute approximate surface area is 193 Å². The third-order valence-electron chi connectivity index (χ3n) is 5.25. The van der Waals surface area contributed by atoms with Gasteiger partial charge in [0.05, 0.1) is 16.1 Å². The minimum absolute atomic E-state index is 0.115. The fourth-order valence-corrected chi connectivity index (χ4v) is 3.31. The van der Waals surface area contributed by atoms with E-state index in [-0.39, 0.29) is 35.0 Å². The lowest BCUT2D eigenvalue weighted by Gasteiger charge is -2.13. The number of carbonyl (C=O) groups excluding carboxylic acids is 2. The molecule has 0 unspecified atom stereocenters. The van der Waals surface area contributed by atoms with Crippen LogP contribution in [0.1, 0.15) is 32.7 Å². The van der Waals surface area contributed by atoms with E-state index in [1.165, 1.54) is 24.3 Å². The number of hydrogen-bond donors (Lipinski definition) is 2. The number of amides is 1. The minimum atomic E-state index is -0.951. The molecule has 174 valence electrons. The number of halogens is 1. The summed E-state index contributed by atoms with van der Waals surface area (Å²) in [4.78, 5) is 35.0. The number of hydrogen-bond acceptors (Lipinski definition) is 7. The maximum atomic E-state index is 13.2. The van der Waals surface area contributed by atoms with Crippen LogP contribution in [0.2, 0.25) is 0 Å². The van der Waals surface area contributed by atoms with Crippen molar-refractivity contribution in [1.29, 1.82) is 5.26 Å². The first kappa shape index (κ1) is 23.9. The van der Waals surface area contributed by atoms with E-state index in [4.69, 9.17) is 10.5 Å². The van der Waals surface area contributed by atoms with Crippen molar-refractivity contribution in [3.8, 4) is 6.07 Å². The second-order valence-electron chi connectivity index (χ2n) is 7.41. The van der Waals surface area contributed by atoms with Gasteiger partial charge in [0.15, 0.2) is 6.61 Å². The summed E-state index contributed by atoms with van der Waals surface area (Å²) in [7, 11) is 0. The Morgan fingerprint density at radius 2 is 1.91 bits per heavy atom. The van der Waals surface area contributed by atoms with E-state index in [0.29, 0.717) is 5.56 Å². The molecule has 3 N–H and O–H groups in total. The van der Waals surface area contributed by atoms with Gasteiger partial charge in [0.25, 0.3) is 11.6 Å². The van der Waals surface area contributed by atoms with Crippen LogP contribution in [0, 0.1) is 41.1 Å². The summed E-state index contributed by atoms with van der Waals surface area (Å²) in [6, 6.07) is 11.3. The molecule has 0 radical (unpaired) electrons. The van der Waals surface area contributed by atoms with Crippen LogP contribution in [-0.4, -0.2) is 28.0 Å². The molecule has 10 nitrogen and oxygen atoms in total. The fourth-order valence-electron chi connectivity index (χ4n) is 3.31. The van der Waals surface area contributed by atoms with Crippen molar-refractivity contribution < 1.29 is 23.6 Å². The van der Waals surface area contributed by atoms with E-state index < -0.39 is 29.1 Å². The predicted octanol–water partition coefficient (Wildman–Crippen LogP) is 3.45. The summed E-state index contributed by atoms with van der Waals surface area (Å²) >= 11 is 0. The van der Waals surface area contributed by atoms with Crippen LogP contribution in [0.25, 0.3) is 0 Å². The molecule has 0 aliphatic carbocycles. The molecule has 0 aliphatic heterocycles. The first-order valence-electron chi connectivity index (χ1n) is 9.97. The summed E-state index contributed by atoms with van der Waals surface area (Å²) < 4.78 is 19.9. The average molecular weight is 465 g/mol.